The minimum absolute atomic E-state index is 0. The molecule has 6 nitrogen and oxygen atoms in total. The van der Waals surface area contributed by atoms with Crippen molar-refractivity contribution >= 4 is 39.8 Å². The molecule has 0 aromatic heterocycles. The average molecular weight is 446 g/mol. The van der Waals surface area contributed by atoms with Crippen molar-refractivity contribution < 1.29 is 8.42 Å². The Morgan fingerprint density at radius 1 is 1.32 bits per heavy atom. The fourth-order valence-corrected chi connectivity index (χ4v) is 3.12. The maximum absolute atomic E-state index is 11.5. The lowest BCUT2D eigenvalue weighted by atomic mass is 10.0. The van der Waals surface area contributed by atoms with Gasteiger partial charge in [-0.2, -0.15) is 0 Å². The molecule has 0 saturated carbocycles. The van der Waals surface area contributed by atoms with E-state index in [1.807, 2.05) is 0 Å². The average Bonchev–Trinajstić information content (AvgIpc) is 2.46. The third-order valence-corrected chi connectivity index (χ3v) is 5.68. The largest absolute Gasteiger partial charge is 0.355 e. The first-order valence-electron chi connectivity index (χ1n) is 7.79. The zero-order chi connectivity index (χ0) is 15.9. The van der Waals surface area contributed by atoms with Crippen LogP contribution in [0, 0.1) is 0 Å². The number of hydrogen-bond acceptors (Lipinski definition) is 4. The highest BCUT2D eigenvalue weighted by molar-refractivity contribution is 14.0. The van der Waals surface area contributed by atoms with E-state index in [9.17, 15) is 8.42 Å². The topological polar surface area (TPSA) is 73.8 Å². The summed E-state index contributed by atoms with van der Waals surface area (Å²) in [6.07, 6.45) is 2.18. The second kappa shape index (κ2) is 10.6. The van der Waals surface area contributed by atoms with Crippen LogP contribution >= 0.6 is 24.0 Å². The van der Waals surface area contributed by atoms with E-state index in [0.29, 0.717) is 24.6 Å². The molecule has 0 aliphatic carbocycles. The summed E-state index contributed by atoms with van der Waals surface area (Å²) in [5.41, 5.74) is 0. The molecule has 1 aliphatic rings. The molecule has 1 fully saturated rings. The lowest BCUT2D eigenvalue weighted by molar-refractivity contribution is 0.167. The maximum atomic E-state index is 11.5. The Hall–Kier alpha value is -0.0900. The van der Waals surface area contributed by atoms with Gasteiger partial charge in [0.05, 0.1) is 5.75 Å². The number of likely N-dealkylation sites (tertiary alicyclic amines) is 1. The van der Waals surface area contributed by atoms with Gasteiger partial charge in [-0.05, 0) is 26.7 Å². The van der Waals surface area contributed by atoms with Crippen molar-refractivity contribution in [2.24, 2.45) is 4.99 Å². The number of nitrogens with zero attached hydrogens (tertiary/aromatic N) is 2. The molecule has 1 rings (SSSR count). The summed E-state index contributed by atoms with van der Waals surface area (Å²) in [7, 11) is -1.21. The minimum atomic E-state index is -2.93. The lowest BCUT2D eigenvalue weighted by Crippen LogP contribution is -2.50. The number of nitrogens with one attached hydrogen (secondary N) is 2. The van der Waals surface area contributed by atoms with Crippen LogP contribution in [0.2, 0.25) is 0 Å². The summed E-state index contributed by atoms with van der Waals surface area (Å²) >= 11 is 0. The normalized spacial score (nSPS) is 18.1. The highest BCUT2D eigenvalue weighted by atomic mass is 127. The first-order chi connectivity index (χ1) is 9.88. The van der Waals surface area contributed by atoms with Crippen molar-refractivity contribution in [1.29, 1.82) is 0 Å². The van der Waals surface area contributed by atoms with E-state index in [1.54, 1.807) is 14.0 Å². The molecule has 1 saturated heterocycles. The number of rotatable bonds is 6. The van der Waals surface area contributed by atoms with Gasteiger partial charge in [-0.3, -0.25) is 4.99 Å². The first kappa shape index (κ1) is 21.9. The van der Waals surface area contributed by atoms with Crippen LogP contribution in [0.3, 0.4) is 0 Å². The summed E-state index contributed by atoms with van der Waals surface area (Å²) in [6.45, 7) is 8.71. The Labute approximate surface area is 152 Å². The number of halogens is 1. The second-order valence-electron chi connectivity index (χ2n) is 5.78. The smallest absolute Gasteiger partial charge is 0.191 e. The summed E-state index contributed by atoms with van der Waals surface area (Å²) in [5, 5.41) is 6.47. The molecule has 0 bridgehead atoms. The maximum Gasteiger partial charge on any atom is 0.191 e. The van der Waals surface area contributed by atoms with Crippen LogP contribution in [-0.4, -0.2) is 69.5 Å². The van der Waals surface area contributed by atoms with Crippen LogP contribution < -0.4 is 10.6 Å². The Kier molecular flexibility index (Phi) is 10.6. The number of hydrogen-bond donors (Lipinski definition) is 2. The second-order valence-corrected chi connectivity index (χ2v) is 8.26. The van der Waals surface area contributed by atoms with Crippen molar-refractivity contribution in [3.63, 3.8) is 0 Å². The predicted octanol–water partition coefficient (Wildman–Crippen LogP) is 1.08. The van der Waals surface area contributed by atoms with Gasteiger partial charge in [0, 0.05) is 44.5 Å². The van der Waals surface area contributed by atoms with E-state index >= 15 is 0 Å². The van der Waals surface area contributed by atoms with E-state index in [0.717, 1.165) is 25.9 Å². The van der Waals surface area contributed by atoms with Gasteiger partial charge in [-0.15, -0.1) is 24.0 Å². The molecule has 22 heavy (non-hydrogen) atoms. The molecular weight excluding hydrogens is 415 g/mol. The van der Waals surface area contributed by atoms with E-state index in [-0.39, 0.29) is 35.5 Å². The van der Waals surface area contributed by atoms with Crippen LogP contribution in [0.15, 0.2) is 4.99 Å². The molecule has 0 aromatic carbocycles. The molecule has 0 unspecified atom stereocenters. The van der Waals surface area contributed by atoms with Crippen LogP contribution in [0.1, 0.15) is 33.6 Å². The Balaban J connectivity index is 0.00000441. The Morgan fingerprint density at radius 2 is 1.91 bits per heavy atom. The molecule has 8 heteroatoms. The molecule has 0 spiro atoms. The molecular formula is C14H31IN4O2S. The molecule has 0 atom stereocenters. The quantitative estimate of drug-likeness (QED) is 0.363. The molecule has 0 amide bonds. The molecule has 2 N–H and O–H groups in total. The third-order valence-electron chi connectivity index (χ3n) is 3.97. The van der Waals surface area contributed by atoms with Crippen molar-refractivity contribution in [1.82, 2.24) is 15.5 Å². The van der Waals surface area contributed by atoms with Gasteiger partial charge >= 0.3 is 0 Å². The zero-order valence-corrected chi connectivity index (χ0v) is 17.3. The highest BCUT2D eigenvalue weighted by Crippen LogP contribution is 2.12. The van der Waals surface area contributed by atoms with Gasteiger partial charge in [0.15, 0.2) is 15.8 Å². The van der Waals surface area contributed by atoms with E-state index < -0.39 is 9.84 Å². The fraction of sp³-hybridized carbons (Fsp3) is 0.929. The number of sulfone groups is 1. The lowest BCUT2D eigenvalue weighted by Gasteiger charge is -2.35. The van der Waals surface area contributed by atoms with Gasteiger partial charge in [0.2, 0.25) is 0 Å². The standard InChI is InChI=1S/C14H30N4O2S.HI/c1-5-21(19,20)11-8-16-14(15-4)17-13-6-9-18(10-7-13)12(2)3;/h12-13H,5-11H2,1-4H3,(H2,15,16,17);1H. The van der Waals surface area contributed by atoms with Crippen LogP contribution in [-0.2, 0) is 9.84 Å². The number of aliphatic imine (C=N–C) groups is 1. The van der Waals surface area contributed by atoms with Crippen molar-refractivity contribution in [3.8, 4) is 0 Å². The van der Waals surface area contributed by atoms with Crippen molar-refractivity contribution in [3.05, 3.63) is 0 Å². The molecule has 1 aliphatic heterocycles. The van der Waals surface area contributed by atoms with Crippen LogP contribution in [0.25, 0.3) is 0 Å². The number of guanidine groups is 1. The van der Waals surface area contributed by atoms with Crippen molar-refractivity contribution in [2.45, 2.75) is 45.7 Å². The van der Waals surface area contributed by atoms with Gasteiger partial charge in [0.25, 0.3) is 0 Å². The van der Waals surface area contributed by atoms with E-state index in [1.165, 1.54) is 0 Å². The zero-order valence-electron chi connectivity index (χ0n) is 14.1. The fourth-order valence-electron chi connectivity index (χ4n) is 2.42. The van der Waals surface area contributed by atoms with E-state index in [4.69, 9.17) is 0 Å². The molecule has 0 aromatic rings. The first-order valence-corrected chi connectivity index (χ1v) is 9.61. The third kappa shape index (κ3) is 7.96. The Bertz CT molecular complexity index is 432. The Morgan fingerprint density at radius 3 is 2.36 bits per heavy atom. The molecule has 132 valence electrons. The molecule has 1 heterocycles. The minimum Gasteiger partial charge on any atom is -0.355 e. The summed E-state index contributed by atoms with van der Waals surface area (Å²) in [5.74, 6) is 1.04. The van der Waals surface area contributed by atoms with E-state index in [2.05, 4.69) is 34.4 Å². The summed E-state index contributed by atoms with van der Waals surface area (Å²) in [6, 6.07) is 1.01. The van der Waals surface area contributed by atoms with Crippen LogP contribution in [0.4, 0.5) is 0 Å². The highest BCUT2D eigenvalue weighted by Gasteiger charge is 2.21. The number of piperidine rings is 1. The van der Waals surface area contributed by atoms with Gasteiger partial charge < -0.3 is 15.5 Å². The summed E-state index contributed by atoms with van der Waals surface area (Å²) in [4.78, 5) is 6.64. The monoisotopic (exact) mass is 446 g/mol. The summed E-state index contributed by atoms with van der Waals surface area (Å²) < 4.78 is 22.9. The predicted molar refractivity (Wildman–Crippen MR) is 104 cm³/mol. The van der Waals surface area contributed by atoms with Gasteiger partial charge in [-0.25, -0.2) is 8.42 Å². The van der Waals surface area contributed by atoms with Gasteiger partial charge in [0.1, 0.15) is 0 Å². The SMILES string of the molecule is CCS(=O)(=O)CCNC(=NC)NC1CCN(C(C)C)CC1.I. The molecule has 0 radical (unpaired) electrons. The van der Waals surface area contributed by atoms with Crippen molar-refractivity contribution in [2.75, 3.05) is 38.2 Å². The van der Waals surface area contributed by atoms with Crippen LogP contribution in [0.5, 0.6) is 0 Å². The van der Waals surface area contributed by atoms with Gasteiger partial charge in [-0.1, -0.05) is 6.92 Å².